The smallest absolute Gasteiger partial charge is 0.183 e. The van der Waals surface area contributed by atoms with Gasteiger partial charge in [-0.3, -0.25) is 0 Å². The van der Waals surface area contributed by atoms with E-state index < -0.39 is 16.5 Å². The van der Waals surface area contributed by atoms with Crippen molar-refractivity contribution in [3.05, 3.63) is 18.7 Å². The molecule has 0 bridgehead atoms. The maximum atomic E-state index is 4.69. The first-order chi connectivity index (χ1) is 8.69. The zero-order chi connectivity index (χ0) is 14.3. The summed E-state index contributed by atoms with van der Waals surface area (Å²) in [6, 6.07) is 0. The second-order valence-corrected chi connectivity index (χ2v) is 16.7. The van der Waals surface area contributed by atoms with Crippen LogP contribution in [0.25, 0.3) is 11.2 Å². The van der Waals surface area contributed by atoms with Crippen molar-refractivity contribution < 1.29 is 0 Å². The Kier molecular flexibility index (Phi) is 3.44. The molecule has 19 heavy (non-hydrogen) atoms. The molecule has 0 saturated heterocycles. The molecule has 2 rings (SSSR count). The number of nitrogens with zero attached hydrogens (tertiary/aromatic N) is 5. The highest BCUT2D eigenvalue weighted by atomic mass is 28.4. The molecule has 0 amide bonds. The predicted octanol–water partition coefficient (Wildman–Crippen LogP) is 2.90. The molecule has 0 saturated carbocycles. The topological polar surface area (TPSA) is 54.8 Å². The average Bonchev–Trinajstić information content (AvgIpc) is 2.25. The zero-order valence-electron chi connectivity index (χ0n) is 12.5. The van der Waals surface area contributed by atoms with E-state index in [1.54, 1.807) is 6.20 Å². The van der Waals surface area contributed by atoms with Crippen LogP contribution >= 0.6 is 0 Å². The molecule has 0 N–H and O–H groups in total. The molecule has 0 aliphatic heterocycles. The third kappa shape index (κ3) is 2.98. The molecule has 2 aromatic heterocycles. The first-order valence-corrected chi connectivity index (χ1v) is 13.3. The van der Waals surface area contributed by atoms with Crippen molar-refractivity contribution in [2.75, 3.05) is 4.23 Å². The Morgan fingerprint density at radius 2 is 1.53 bits per heavy atom. The molecule has 2 heterocycles. The van der Waals surface area contributed by atoms with Crippen LogP contribution < -0.4 is 4.23 Å². The van der Waals surface area contributed by atoms with Crippen LogP contribution in [0.2, 0.25) is 39.3 Å². The van der Waals surface area contributed by atoms with Crippen LogP contribution in [0.15, 0.2) is 18.7 Å². The van der Waals surface area contributed by atoms with Crippen molar-refractivity contribution in [3.63, 3.8) is 0 Å². The van der Waals surface area contributed by atoms with Gasteiger partial charge in [0.1, 0.15) is 34.1 Å². The molecular formula is C12H21N5Si2. The molecule has 0 unspecified atom stereocenters. The van der Waals surface area contributed by atoms with Gasteiger partial charge in [-0.1, -0.05) is 39.3 Å². The predicted molar refractivity (Wildman–Crippen MR) is 84.3 cm³/mol. The summed E-state index contributed by atoms with van der Waals surface area (Å²) in [6.07, 6.45) is 5.09. The number of hydrogen-bond donors (Lipinski definition) is 0. The molecule has 0 fully saturated rings. The first-order valence-electron chi connectivity index (χ1n) is 6.43. The second kappa shape index (κ2) is 4.64. The van der Waals surface area contributed by atoms with Gasteiger partial charge in [0.2, 0.25) is 0 Å². The summed E-state index contributed by atoms with van der Waals surface area (Å²) in [4.78, 5) is 17.3. The third-order valence-electron chi connectivity index (χ3n) is 2.78. The molecular weight excluding hydrogens is 270 g/mol. The quantitative estimate of drug-likeness (QED) is 0.814. The van der Waals surface area contributed by atoms with Crippen LogP contribution in [0.4, 0.5) is 5.82 Å². The Morgan fingerprint density at radius 1 is 0.895 bits per heavy atom. The van der Waals surface area contributed by atoms with Crippen LogP contribution in [-0.4, -0.2) is 36.4 Å². The fourth-order valence-corrected chi connectivity index (χ4v) is 12.2. The van der Waals surface area contributed by atoms with Crippen molar-refractivity contribution in [3.8, 4) is 0 Å². The Morgan fingerprint density at radius 3 is 2.11 bits per heavy atom. The number of anilines is 1. The molecule has 5 nitrogen and oxygen atoms in total. The molecule has 2 aromatic rings. The van der Waals surface area contributed by atoms with Crippen LogP contribution in [0.3, 0.4) is 0 Å². The lowest BCUT2D eigenvalue weighted by atomic mass is 10.5. The number of fused-ring (bicyclic) bond motifs is 1. The third-order valence-corrected chi connectivity index (χ3v) is 9.95. The molecule has 0 aliphatic rings. The van der Waals surface area contributed by atoms with E-state index in [0.29, 0.717) is 5.65 Å². The van der Waals surface area contributed by atoms with E-state index in [-0.39, 0.29) is 0 Å². The highest BCUT2D eigenvalue weighted by Crippen LogP contribution is 2.26. The van der Waals surface area contributed by atoms with E-state index in [1.807, 2.05) is 6.20 Å². The maximum absolute atomic E-state index is 4.69. The lowest BCUT2D eigenvalue weighted by Crippen LogP contribution is -2.60. The van der Waals surface area contributed by atoms with Crippen molar-refractivity contribution >= 4 is 33.5 Å². The van der Waals surface area contributed by atoms with Crippen LogP contribution in [0, 0.1) is 0 Å². The van der Waals surface area contributed by atoms with Gasteiger partial charge in [-0.2, -0.15) is 0 Å². The van der Waals surface area contributed by atoms with E-state index >= 15 is 0 Å². The lowest BCUT2D eigenvalue weighted by molar-refractivity contribution is 1.13. The van der Waals surface area contributed by atoms with Gasteiger partial charge in [-0.25, -0.2) is 19.9 Å². The molecule has 7 heteroatoms. The van der Waals surface area contributed by atoms with E-state index in [9.17, 15) is 0 Å². The fourth-order valence-electron chi connectivity index (χ4n) is 2.56. The van der Waals surface area contributed by atoms with Crippen LogP contribution in [-0.2, 0) is 0 Å². The summed E-state index contributed by atoms with van der Waals surface area (Å²) in [5.74, 6) is 0.963. The van der Waals surface area contributed by atoms with Crippen molar-refractivity contribution in [1.82, 2.24) is 19.9 Å². The summed E-state index contributed by atoms with van der Waals surface area (Å²) in [5.41, 5.74) is 1.42. The van der Waals surface area contributed by atoms with Gasteiger partial charge in [0.25, 0.3) is 0 Å². The minimum atomic E-state index is -1.50. The zero-order valence-corrected chi connectivity index (χ0v) is 14.5. The minimum absolute atomic E-state index is 0.675. The number of aromatic nitrogens is 4. The highest BCUT2D eigenvalue weighted by Gasteiger charge is 2.35. The van der Waals surface area contributed by atoms with Gasteiger partial charge < -0.3 is 4.23 Å². The fraction of sp³-hybridized carbons (Fsp3) is 0.500. The molecule has 102 valence electrons. The van der Waals surface area contributed by atoms with Crippen molar-refractivity contribution in [2.24, 2.45) is 0 Å². The summed E-state index contributed by atoms with van der Waals surface area (Å²) in [5, 5.41) is 0. The maximum Gasteiger partial charge on any atom is 0.183 e. The van der Waals surface area contributed by atoms with Gasteiger partial charge in [0, 0.05) is 0 Å². The normalized spacial score (nSPS) is 12.7. The summed E-state index contributed by atoms with van der Waals surface area (Å²) < 4.78 is 2.54. The molecule has 0 aromatic carbocycles. The Labute approximate surface area is 116 Å². The van der Waals surface area contributed by atoms with E-state index in [4.69, 9.17) is 4.98 Å². The summed E-state index contributed by atoms with van der Waals surface area (Å²) in [7, 11) is -3.00. The molecule has 0 radical (unpaired) electrons. The minimum Gasteiger partial charge on any atom is -0.408 e. The summed E-state index contributed by atoms with van der Waals surface area (Å²) in [6.45, 7) is 14.1. The van der Waals surface area contributed by atoms with Crippen molar-refractivity contribution in [1.29, 1.82) is 0 Å². The molecule has 0 aliphatic carbocycles. The van der Waals surface area contributed by atoms with E-state index in [1.165, 1.54) is 6.33 Å². The Balaban J connectivity index is 2.57. The monoisotopic (exact) mass is 291 g/mol. The average molecular weight is 292 g/mol. The second-order valence-electron chi connectivity index (χ2n) is 6.64. The number of hydrogen-bond acceptors (Lipinski definition) is 5. The van der Waals surface area contributed by atoms with E-state index in [2.05, 4.69) is 58.5 Å². The summed E-state index contributed by atoms with van der Waals surface area (Å²) >= 11 is 0. The first kappa shape index (κ1) is 14.1. The highest BCUT2D eigenvalue weighted by molar-refractivity contribution is 6.99. The van der Waals surface area contributed by atoms with Gasteiger partial charge in [-0.05, 0) is 0 Å². The van der Waals surface area contributed by atoms with E-state index in [0.717, 1.165) is 11.3 Å². The SMILES string of the molecule is C[Si](C)(C)N(c1cnc2cncnc2n1)[Si](C)(C)C. The number of rotatable bonds is 3. The van der Waals surface area contributed by atoms with Crippen molar-refractivity contribution in [2.45, 2.75) is 39.3 Å². The molecule has 0 atom stereocenters. The van der Waals surface area contributed by atoms with Gasteiger partial charge >= 0.3 is 0 Å². The largest absolute Gasteiger partial charge is 0.408 e. The Hall–Kier alpha value is -1.35. The van der Waals surface area contributed by atoms with Crippen LogP contribution in [0.1, 0.15) is 0 Å². The standard InChI is InChI=1S/C12H21N5Si2/c1-18(2,3)17(19(4,5)6)11-8-14-10-7-13-9-15-12(10)16-11/h7-9H,1-6H3. The van der Waals surface area contributed by atoms with Gasteiger partial charge in [0.05, 0.1) is 12.4 Å². The lowest BCUT2D eigenvalue weighted by Gasteiger charge is -2.44. The molecule has 0 spiro atoms. The van der Waals surface area contributed by atoms with Crippen LogP contribution in [0.5, 0.6) is 0 Å². The van der Waals surface area contributed by atoms with Gasteiger partial charge in [0.15, 0.2) is 5.65 Å². The Bertz CT molecular complexity index is 574. The van der Waals surface area contributed by atoms with Gasteiger partial charge in [-0.15, -0.1) is 0 Å².